The van der Waals surface area contributed by atoms with E-state index in [-0.39, 0.29) is 17.1 Å². The molecular weight excluding hydrogens is 394 g/mol. The van der Waals surface area contributed by atoms with E-state index in [0.717, 1.165) is 0 Å². The Morgan fingerprint density at radius 3 is 1.94 bits per heavy atom. The summed E-state index contributed by atoms with van der Waals surface area (Å²) in [4.78, 5) is 48.9. The Labute approximate surface area is 179 Å². The van der Waals surface area contributed by atoms with Gasteiger partial charge < -0.3 is 10.1 Å². The van der Waals surface area contributed by atoms with Crippen molar-refractivity contribution in [2.24, 2.45) is 0 Å². The van der Waals surface area contributed by atoms with Gasteiger partial charge in [-0.3, -0.25) is 14.4 Å². The predicted octanol–water partition coefficient (Wildman–Crippen LogP) is 4.30. The van der Waals surface area contributed by atoms with Gasteiger partial charge in [0.2, 0.25) is 0 Å². The maximum absolute atomic E-state index is 12.5. The maximum atomic E-state index is 12.5. The average molecular weight is 415 g/mol. The van der Waals surface area contributed by atoms with Crippen LogP contribution in [0.5, 0.6) is 0 Å². The highest BCUT2D eigenvalue weighted by Crippen LogP contribution is 2.17. The number of ether oxygens (including phenoxy) is 1. The first kappa shape index (κ1) is 21.6. The molecule has 0 spiro atoms. The van der Waals surface area contributed by atoms with Gasteiger partial charge in [0.15, 0.2) is 17.7 Å². The molecule has 0 aromatic heterocycles. The first-order valence-electron chi connectivity index (χ1n) is 9.68. The van der Waals surface area contributed by atoms with Crippen LogP contribution < -0.4 is 5.32 Å². The summed E-state index contributed by atoms with van der Waals surface area (Å²) >= 11 is 0. The normalized spacial score (nSPS) is 11.3. The number of rotatable bonds is 7. The van der Waals surface area contributed by atoms with Crippen LogP contribution in [0, 0.1) is 0 Å². The standard InChI is InChI=1S/C25H21NO5/c1-16(27)21-10-6-7-11-22(21)26-24(29)17(2)31-25(30)20-14-12-19(13-15-20)23(28)18-8-4-3-5-9-18/h3-15,17H,1-2H3,(H,26,29)/t17-/m1/s1. The number of anilines is 1. The Hall–Kier alpha value is -4.06. The largest absolute Gasteiger partial charge is 0.449 e. The van der Waals surface area contributed by atoms with Crippen LogP contribution in [0.25, 0.3) is 0 Å². The molecule has 0 saturated heterocycles. The van der Waals surface area contributed by atoms with E-state index < -0.39 is 18.0 Å². The Bertz CT molecular complexity index is 1120. The van der Waals surface area contributed by atoms with Crippen molar-refractivity contribution >= 4 is 29.1 Å². The molecule has 0 aliphatic carbocycles. The SMILES string of the molecule is CC(=O)c1ccccc1NC(=O)[C@@H](C)OC(=O)c1ccc(C(=O)c2ccccc2)cc1. The minimum Gasteiger partial charge on any atom is -0.449 e. The van der Waals surface area contributed by atoms with Crippen LogP contribution in [0.3, 0.4) is 0 Å². The van der Waals surface area contributed by atoms with Gasteiger partial charge >= 0.3 is 5.97 Å². The Morgan fingerprint density at radius 1 is 0.742 bits per heavy atom. The molecule has 6 heteroatoms. The number of benzene rings is 3. The lowest BCUT2D eigenvalue weighted by molar-refractivity contribution is -0.123. The second-order valence-corrected chi connectivity index (χ2v) is 6.91. The molecule has 1 amide bonds. The van der Waals surface area contributed by atoms with E-state index in [4.69, 9.17) is 4.74 Å². The van der Waals surface area contributed by atoms with Crippen molar-refractivity contribution in [1.29, 1.82) is 0 Å². The van der Waals surface area contributed by atoms with Crippen molar-refractivity contribution in [3.8, 4) is 0 Å². The molecule has 0 unspecified atom stereocenters. The molecule has 0 aliphatic heterocycles. The number of carbonyl (C=O) groups excluding carboxylic acids is 4. The Balaban J connectivity index is 1.64. The minimum absolute atomic E-state index is 0.155. The number of ketones is 2. The van der Waals surface area contributed by atoms with Gasteiger partial charge in [0.1, 0.15) is 0 Å². The van der Waals surface area contributed by atoms with Crippen LogP contribution in [-0.2, 0) is 9.53 Å². The molecule has 0 radical (unpaired) electrons. The molecule has 6 nitrogen and oxygen atoms in total. The number of para-hydroxylation sites is 1. The van der Waals surface area contributed by atoms with E-state index in [0.29, 0.717) is 22.4 Å². The summed E-state index contributed by atoms with van der Waals surface area (Å²) in [5.41, 5.74) is 1.93. The topological polar surface area (TPSA) is 89.5 Å². The van der Waals surface area contributed by atoms with Gasteiger partial charge in [-0.05, 0) is 38.1 Å². The third-order valence-corrected chi connectivity index (χ3v) is 4.64. The van der Waals surface area contributed by atoms with E-state index in [1.165, 1.54) is 26.0 Å². The first-order valence-corrected chi connectivity index (χ1v) is 9.68. The third-order valence-electron chi connectivity index (χ3n) is 4.64. The highest BCUT2D eigenvalue weighted by atomic mass is 16.5. The summed E-state index contributed by atoms with van der Waals surface area (Å²) in [5, 5.41) is 2.61. The van der Waals surface area contributed by atoms with Crippen LogP contribution in [0.4, 0.5) is 5.69 Å². The molecule has 0 heterocycles. The summed E-state index contributed by atoms with van der Waals surface area (Å²) in [5.74, 6) is -1.60. The van der Waals surface area contributed by atoms with Gasteiger partial charge in [0.25, 0.3) is 5.91 Å². The zero-order chi connectivity index (χ0) is 22.4. The molecule has 0 fully saturated rings. The van der Waals surface area contributed by atoms with Crippen molar-refractivity contribution in [3.63, 3.8) is 0 Å². The number of carbonyl (C=O) groups is 4. The molecule has 0 bridgehead atoms. The quantitative estimate of drug-likeness (QED) is 0.459. The lowest BCUT2D eigenvalue weighted by Gasteiger charge is -2.15. The molecule has 0 aliphatic rings. The van der Waals surface area contributed by atoms with Gasteiger partial charge in [-0.1, -0.05) is 54.6 Å². The van der Waals surface area contributed by atoms with Gasteiger partial charge in [-0.15, -0.1) is 0 Å². The fourth-order valence-electron chi connectivity index (χ4n) is 2.93. The number of hydrogen-bond donors (Lipinski definition) is 1. The minimum atomic E-state index is -1.09. The van der Waals surface area contributed by atoms with Crippen LogP contribution in [0.1, 0.15) is 50.5 Å². The molecule has 1 N–H and O–H groups in total. The summed E-state index contributed by atoms with van der Waals surface area (Å²) in [7, 11) is 0. The number of hydrogen-bond acceptors (Lipinski definition) is 5. The molecule has 3 aromatic rings. The smallest absolute Gasteiger partial charge is 0.338 e. The van der Waals surface area contributed by atoms with E-state index in [1.807, 2.05) is 6.07 Å². The molecule has 3 aromatic carbocycles. The van der Waals surface area contributed by atoms with Crippen LogP contribution >= 0.6 is 0 Å². The van der Waals surface area contributed by atoms with Crippen molar-refractivity contribution in [1.82, 2.24) is 0 Å². The molecular formula is C25H21NO5. The number of amides is 1. The lowest BCUT2D eigenvalue weighted by atomic mass is 10.0. The second-order valence-electron chi connectivity index (χ2n) is 6.91. The second kappa shape index (κ2) is 9.63. The van der Waals surface area contributed by atoms with E-state index >= 15 is 0 Å². The maximum Gasteiger partial charge on any atom is 0.338 e. The van der Waals surface area contributed by atoms with Crippen LogP contribution in [0.2, 0.25) is 0 Å². The van der Waals surface area contributed by atoms with Gasteiger partial charge in [-0.25, -0.2) is 4.79 Å². The Kier molecular flexibility index (Phi) is 6.72. The van der Waals surface area contributed by atoms with E-state index in [9.17, 15) is 19.2 Å². The van der Waals surface area contributed by atoms with E-state index in [2.05, 4.69) is 5.32 Å². The fraction of sp³-hybridized carbons (Fsp3) is 0.120. The number of Topliss-reactive ketones (excluding diaryl/α,β-unsaturated/α-hetero) is 1. The zero-order valence-corrected chi connectivity index (χ0v) is 17.1. The summed E-state index contributed by atoms with van der Waals surface area (Å²) in [6.07, 6.45) is -1.09. The molecule has 31 heavy (non-hydrogen) atoms. The number of nitrogens with one attached hydrogen (secondary N) is 1. The highest BCUT2D eigenvalue weighted by Gasteiger charge is 2.21. The summed E-state index contributed by atoms with van der Waals surface area (Å²) in [6, 6.07) is 21.5. The molecule has 0 saturated carbocycles. The molecule has 3 rings (SSSR count). The molecule has 1 atom stereocenters. The van der Waals surface area contributed by atoms with E-state index in [1.54, 1.807) is 60.7 Å². The Morgan fingerprint density at radius 2 is 1.29 bits per heavy atom. The van der Waals surface area contributed by atoms with Gasteiger partial charge in [0, 0.05) is 16.7 Å². The van der Waals surface area contributed by atoms with Crippen molar-refractivity contribution in [2.45, 2.75) is 20.0 Å². The van der Waals surface area contributed by atoms with Crippen molar-refractivity contribution < 1.29 is 23.9 Å². The summed E-state index contributed by atoms with van der Waals surface area (Å²) in [6.45, 7) is 2.84. The highest BCUT2D eigenvalue weighted by molar-refractivity contribution is 6.09. The predicted molar refractivity (Wildman–Crippen MR) is 116 cm³/mol. The van der Waals surface area contributed by atoms with Gasteiger partial charge in [-0.2, -0.15) is 0 Å². The monoisotopic (exact) mass is 415 g/mol. The zero-order valence-electron chi connectivity index (χ0n) is 17.1. The van der Waals surface area contributed by atoms with Crippen molar-refractivity contribution in [2.75, 3.05) is 5.32 Å². The fourth-order valence-corrected chi connectivity index (χ4v) is 2.93. The third kappa shape index (κ3) is 5.30. The van der Waals surface area contributed by atoms with Crippen LogP contribution in [-0.4, -0.2) is 29.5 Å². The molecule has 156 valence electrons. The number of esters is 1. The first-order chi connectivity index (χ1) is 14.9. The lowest BCUT2D eigenvalue weighted by Crippen LogP contribution is -2.30. The summed E-state index contributed by atoms with van der Waals surface area (Å²) < 4.78 is 5.23. The van der Waals surface area contributed by atoms with Crippen LogP contribution in [0.15, 0.2) is 78.9 Å². The van der Waals surface area contributed by atoms with Gasteiger partial charge in [0.05, 0.1) is 11.3 Å². The average Bonchev–Trinajstić information content (AvgIpc) is 2.79. The van der Waals surface area contributed by atoms with Crippen molar-refractivity contribution in [3.05, 3.63) is 101 Å².